The number of aromatic nitrogens is 3. The van der Waals surface area contributed by atoms with Crippen molar-refractivity contribution in [2.45, 2.75) is 6.54 Å². The molecule has 0 saturated carbocycles. The third-order valence-corrected chi connectivity index (χ3v) is 3.11. The zero-order valence-electron chi connectivity index (χ0n) is 10.5. The van der Waals surface area contributed by atoms with Crippen molar-refractivity contribution in [1.82, 2.24) is 14.5 Å². The predicted molar refractivity (Wildman–Crippen MR) is 76.9 cm³/mol. The van der Waals surface area contributed by atoms with Gasteiger partial charge in [-0.05, 0) is 12.1 Å². The maximum Gasteiger partial charge on any atom is 0.0946 e. The molecular formula is C14H15N5. The maximum absolute atomic E-state index is 6.17. The molecule has 0 unspecified atom stereocenters. The van der Waals surface area contributed by atoms with Crippen LogP contribution in [0.3, 0.4) is 0 Å². The van der Waals surface area contributed by atoms with E-state index in [4.69, 9.17) is 5.73 Å². The lowest BCUT2D eigenvalue weighted by Gasteiger charge is -2.11. The number of pyridine rings is 1. The molecule has 19 heavy (non-hydrogen) atoms. The maximum atomic E-state index is 6.17. The fraction of sp³-hybridized carbons (Fsp3) is 0.143. The summed E-state index contributed by atoms with van der Waals surface area (Å²) >= 11 is 0. The molecule has 5 heteroatoms. The summed E-state index contributed by atoms with van der Waals surface area (Å²) in [5.41, 5.74) is 7.90. The van der Waals surface area contributed by atoms with E-state index in [0.29, 0.717) is 0 Å². The van der Waals surface area contributed by atoms with Crippen molar-refractivity contribution in [3.63, 3.8) is 0 Å². The van der Waals surface area contributed by atoms with E-state index in [2.05, 4.69) is 15.3 Å². The average molecular weight is 253 g/mol. The van der Waals surface area contributed by atoms with Crippen molar-refractivity contribution in [2.75, 3.05) is 17.6 Å². The number of nitrogens with one attached hydrogen (secondary N) is 1. The molecule has 2 aromatic heterocycles. The number of nitrogens with zero attached hydrogens (tertiary/aromatic N) is 3. The first-order valence-electron chi connectivity index (χ1n) is 6.16. The van der Waals surface area contributed by atoms with Gasteiger partial charge in [-0.25, -0.2) is 4.98 Å². The molecule has 0 saturated heterocycles. The Morgan fingerprint density at radius 2 is 2.11 bits per heavy atom. The van der Waals surface area contributed by atoms with Crippen LogP contribution in [0.5, 0.6) is 0 Å². The van der Waals surface area contributed by atoms with Gasteiger partial charge in [0, 0.05) is 48.6 Å². The van der Waals surface area contributed by atoms with Crippen LogP contribution in [0.4, 0.5) is 11.4 Å². The van der Waals surface area contributed by atoms with Gasteiger partial charge >= 0.3 is 0 Å². The van der Waals surface area contributed by atoms with E-state index in [1.54, 1.807) is 18.7 Å². The van der Waals surface area contributed by atoms with Crippen LogP contribution in [0.1, 0.15) is 0 Å². The Labute approximate surface area is 111 Å². The van der Waals surface area contributed by atoms with Crippen LogP contribution in [0.25, 0.3) is 10.8 Å². The summed E-state index contributed by atoms with van der Waals surface area (Å²) in [4.78, 5) is 8.10. The molecule has 0 amide bonds. The summed E-state index contributed by atoms with van der Waals surface area (Å²) in [6.45, 7) is 1.66. The van der Waals surface area contributed by atoms with E-state index < -0.39 is 0 Å². The molecule has 5 nitrogen and oxygen atoms in total. The molecule has 0 fully saturated rings. The third-order valence-electron chi connectivity index (χ3n) is 3.11. The summed E-state index contributed by atoms with van der Waals surface area (Å²) in [6.07, 6.45) is 9.10. The first kappa shape index (κ1) is 11.5. The number of imidazole rings is 1. The summed E-state index contributed by atoms with van der Waals surface area (Å²) in [6, 6.07) is 5.96. The number of benzene rings is 1. The molecule has 0 bridgehead atoms. The Hall–Kier alpha value is -2.56. The minimum atomic E-state index is 0.769. The van der Waals surface area contributed by atoms with E-state index in [-0.39, 0.29) is 0 Å². The largest absolute Gasteiger partial charge is 0.397 e. The van der Waals surface area contributed by atoms with Gasteiger partial charge in [-0.1, -0.05) is 6.07 Å². The molecule has 0 aliphatic heterocycles. The number of anilines is 2. The van der Waals surface area contributed by atoms with Crippen LogP contribution >= 0.6 is 0 Å². The van der Waals surface area contributed by atoms with E-state index in [9.17, 15) is 0 Å². The van der Waals surface area contributed by atoms with Gasteiger partial charge < -0.3 is 15.6 Å². The van der Waals surface area contributed by atoms with Gasteiger partial charge in [-0.2, -0.15) is 0 Å². The second-order valence-electron chi connectivity index (χ2n) is 4.35. The molecule has 3 aromatic rings. The normalized spacial score (nSPS) is 10.7. The Balaban J connectivity index is 1.76. The van der Waals surface area contributed by atoms with Gasteiger partial charge in [0.15, 0.2) is 0 Å². The minimum absolute atomic E-state index is 0.769. The van der Waals surface area contributed by atoms with E-state index >= 15 is 0 Å². The summed E-state index contributed by atoms with van der Waals surface area (Å²) in [7, 11) is 0. The fourth-order valence-electron chi connectivity index (χ4n) is 2.09. The minimum Gasteiger partial charge on any atom is -0.397 e. The zero-order valence-corrected chi connectivity index (χ0v) is 10.5. The third kappa shape index (κ3) is 2.35. The highest BCUT2D eigenvalue weighted by molar-refractivity contribution is 5.98. The number of nitrogen functional groups attached to an aromatic ring is 1. The lowest BCUT2D eigenvalue weighted by molar-refractivity contribution is 0.727. The molecule has 0 atom stereocenters. The summed E-state index contributed by atoms with van der Waals surface area (Å²) < 4.78 is 2.02. The summed E-state index contributed by atoms with van der Waals surface area (Å²) in [5.74, 6) is 0. The smallest absolute Gasteiger partial charge is 0.0946 e. The van der Waals surface area contributed by atoms with Crippen LogP contribution < -0.4 is 11.1 Å². The molecule has 1 aromatic carbocycles. The topological polar surface area (TPSA) is 68.8 Å². The van der Waals surface area contributed by atoms with Crippen LogP contribution in [0.2, 0.25) is 0 Å². The predicted octanol–water partition coefficient (Wildman–Crippen LogP) is 2.13. The molecule has 2 heterocycles. The van der Waals surface area contributed by atoms with Crippen LogP contribution in [-0.2, 0) is 6.54 Å². The van der Waals surface area contributed by atoms with Crippen LogP contribution in [0.15, 0.2) is 49.3 Å². The van der Waals surface area contributed by atoms with Crippen molar-refractivity contribution >= 4 is 22.1 Å². The second kappa shape index (κ2) is 4.97. The highest BCUT2D eigenvalue weighted by atomic mass is 15.0. The van der Waals surface area contributed by atoms with Gasteiger partial charge in [-0.3, -0.25) is 4.98 Å². The Morgan fingerprint density at radius 3 is 2.95 bits per heavy atom. The van der Waals surface area contributed by atoms with Crippen LogP contribution in [-0.4, -0.2) is 21.1 Å². The average Bonchev–Trinajstić information content (AvgIpc) is 2.95. The van der Waals surface area contributed by atoms with Gasteiger partial charge in [0.2, 0.25) is 0 Å². The standard InChI is InChI=1S/C14H15N5/c15-14-12-3-4-16-9-11(12)1-2-13(14)18-6-8-19-7-5-17-10-19/h1-5,7,9-10,18H,6,8,15H2. The summed E-state index contributed by atoms with van der Waals surface area (Å²) in [5, 5.41) is 5.44. The Morgan fingerprint density at radius 1 is 1.16 bits per heavy atom. The van der Waals surface area contributed by atoms with E-state index in [1.807, 2.05) is 35.2 Å². The van der Waals surface area contributed by atoms with Gasteiger partial charge in [0.25, 0.3) is 0 Å². The Kier molecular flexibility index (Phi) is 3.02. The Bertz CT molecular complexity index is 675. The molecule has 0 aliphatic carbocycles. The van der Waals surface area contributed by atoms with E-state index in [1.165, 1.54) is 0 Å². The van der Waals surface area contributed by atoms with Gasteiger partial charge in [-0.15, -0.1) is 0 Å². The lowest BCUT2D eigenvalue weighted by Crippen LogP contribution is -2.10. The molecule has 0 radical (unpaired) electrons. The first-order chi connectivity index (χ1) is 9.34. The van der Waals surface area contributed by atoms with Gasteiger partial charge in [0.05, 0.1) is 17.7 Å². The number of hydrogen-bond donors (Lipinski definition) is 2. The van der Waals surface area contributed by atoms with Crippen LogP contribution in [0, 0.1) is 0 Å². The van der Waals surface area contributed by atoms with Crippen molar-refractivity contribution in [3.05, 3.63) is 49.3 Å². The van der Waals surface area contributed by atoms with E-state index in [0.717, 1.165) is 35.2 Å². The number of nitrogens with two attached hydrogens (primary N) is 1. The lowest BCUT2D eigenvalue weighted by atomic mass is 10.1. The SMILES string of the molecule is Nc1c(NCCn2ccnc2)ccc2cnccc12. The van der Waals surface area contributed by atoms with Crippen molar-refractivity contribution in [1.29, 1.82) is 0 Å². The second-order valence-corrected chi connectivity index (χ2v) is 4.35. The van der Waals surface area contributed by atoms with Crippen molar-refractivity contribution in [2.24, 2.45) is 0 Å². The highest BCUT2D eigenvalue weighted by Crippen LogP contribution is 2.27. The molecular weight excluding hydrogens is 238 g/mol. The first-order valence-corrected chi connectivity index (χ1v) is 6.16. The monoisotopic (exact) mass is 253 g/mol. The van der Waals surface area contributed by atoms with Crippen molar-refractivity contribution in [3.8, 4) is 0 Å². The fourth-order valence-corrected chi connectivity index (χ4v) is 2.09. The molecule has 0 aliphatic rings. The zero-order chi connectivity index (χ0) is 13.1. The molecule has 3 N–H and O–H groups in total. The molecule has 3 rings (SSSR count). The number of rotatable bonds is 4. The number of hydrogen-bond acceptors (Lipinski definition) is 4. The quantitative estimate of drug-likeness (QED) is 0.699. The molecule has 96 valence electrons. The molecule has 0 spiro atoms. The van der Waals surface area contributed by atoms with Gasteiger partial charge in [0.1, 0.15) is 0 Å². The van der Waals surface area contributed by atoms with Crippen molar-refractivity contribution < 1.29 is 0 Å². The number of fused-ring (bicyclic) bond motifs is 1. The highest BCUT2D eigenvalue weighted by Gasteiger charge is 2.03.